The molecule has 0 radical (unpaired) electrons. The monoisotopic (exact) mass is 391 g/mol. The maximum absolute atomic E-state index is 12.3. The molecule has 4 aliphatic rings. The maximum atomic E-state index is 12.3. The quantitative estimate of drug-likeness (QED) is 0.595. The average Bonchev–Trinajstić information content (AvgIpc) is 2.67. The molecule has 2 nitrogen and oxygen atoms in total. The number of halogens is 1. The van der Waals surface area contributed by atoms with Gasteiger partial charge in [-0.2, -0.15) is 0 Å². The zero-order valence-electron chi connectivity index (χ0n) is 16.0. The summed E-state index contributed by atoms with van der Waals surface area (Å²) in [4.78, 5) is 12.3. The lowest BCUT2D eigenvalue weighted by atomic mass is 9.48. The molecule has 0 aliphatic heterocycles. The van der Waals surface area contributed by atoms with Crippen LogP contribution in [-0.4, -0.2) is 5.91 Å². The van der Waals surface area contributed by atoms with E-state index in [1.54, 1.807) is 6.08 Å². The van der Waals surface area contributed by atoms with Crippen molar-refractivity contribution in [3.8, 4) is 0 Å². The number of carbonyl (C=O) groups excluding carboxylic acids is 1. The second-order valence-electron chi connectivity index (χ2n) is 9.12. The van der Waals surface area contributed by atoms with Crippen molar-refractivity contribution >= 4 is 29.3 Å². The molecule has 4 bridgehead atoms. The largest absolute Gasteiger partial charge is 0.323 e. The number of hydrogen-bond acceptors (Lipinski definition) is 1. The van der Waals surface area contributed by atoms with E-state index in [0.29, 0.717) is 10.4 Å². The van der Waals surface area contributed by atoms with Gasteiger partial charge in [0.05, 0.1) is 0 Å². The molecule has 1 amide bonds. The first kappa shape index (κ1) is 18.0. The minimum atomic E-state index is -0.137. The van der Waals surface area contributed by atoms with Crippen LogP contribution in [0, 0.1) is 17.8 Å². The first-order valence-electron chi connectivity index (χ1n) is 10.4. The molecule has 144 valence electrons. The highest BCUT2D eigenvalue weighted by Crippen LogP contribution is 2.60. The summed E-state index contributed by atoms with van der Waals surface area (Å²) in [5.41, 5.74) is 3.58. The molecule has 2 aromatic carbocycles. The predicted molar refractivity (Wildman–Crippen MR) is 115 cm³/mol. The van der Waals surface area contributed by atoms with Gasteiger partial charge in [0.1, 0.15) is 0 Å². The number of benzene rings is 2. The summed E-state index contributed by atoms with van der Waals surface area (Å²) in [6.45, 7) is 0. The molecule has 0 aromatic heterocycles. The minimum absolute atomic E-state index is 0.137. The Bertz CT molecular complexity index is 879. The summed E-state index contributed by atoms with van der Waals surface area (Å²) in [5.74, 6) is 2.70. The van der Waals surface area contributed by atoms with Crippen molar-refractivity contribution in [2.75, 3.05) is 5.32 Å². The van der Waals surface area contributed by atoms with Crippen LogP contribution in [0.4, 0.5) is 5.69 Å². The van der Waals surface area contributed by atoms with E-state index in [1.807, 2.05) is 24.3 Å². The Hall–Kier alpha value is -2.06. The lowest BCUT2D eigenvalue weighted by Crippen LogP contribution is -2.48. The Labute approximate surface area is 172 Å². The molecule has 4 fully saturated rings. The highest BCUT2D eigenvalue weighted by atomic mass is 35.5. The number of anilines is 1. The standard InChI is InChI=1S/C25H26ClNO/c26-23-4-2-1-3-20(23)5-10-24(28)27-22-8-6-21(7-9-22)25-14-17-11-18(15-25)13-19(12-17)16-25/h1-10,17-19H,11-16H2,(H,27,28)/b10-5+. The summed E-state index contributed by atoms with van der Waals surface area (Å²) in [5, 5.41) is 3.61. The number of nitrogens with one attached hydrogen (secondary N) is 1. The van der Waals surface area contributed by atoms with Gasteiger partial charge in [0.2, 0.25) is 5.91 Å². The highest BCUT2D eigenvalue weighted by molar-refractivity contribution is 6.32. The second kappa shape index (κ2) is 7.08. The molecule has 0 atom stereocenters. The Morgan fingerprint density at radius 3 is 2.14 bits per heavy atom. The fourth-order valence-electron chi connectivity index (χ4n) is 6.33. The SMILES string of the molecule is O=C(/C=C/c1ccccc1Cl)Nc1ccc(C23CC4CC(CC(C4)C2)C3)cc1. The van der Waals surface area contributed by atoms with Crippen LogP contribution in [0.25, 0.3) is 6.08 Å². The molecule has 1 N–H and O–H groups in total. The van der Waals surface area contributed by atoms with Gasteiger partial charge in [0, 0.05) is 16.8 Å². The molecule has 28 heavy (non-hydrogen) atoms. The molecule has 4 saturated carbocycles. The zero-order chi connectivity index (χ0) is 19.1. The van der Waals surface area contributed by atoms with Gasteiger partial charge < -0.3 is 5.32 Å². The minimum Gasteiger partial charge on any atom is -0.323 e. The topological polar surface area (TPSA) is 29.1 Å². The smallest absolute Gasteiger partial charge is 0.248 e. The molecule has 2 aromatic rings. The van der Waals surface area contributed by atoms with E-state index in [0.717, 1.165) is 29.0 Å². The maximum Gasteiger partial charge on any atom is 0.248 e. The van der Waals surface area contributed by atoms with E-state index in [-0.39, 0.29) is 5.91 Å². The molecule has 0 saturated heterocycles. The molecule has 3 heteroatoms. The van der Waals surface area contributed by atoms with Crippen molar-refractivity contribution in [1.29, 1.82) is 0 Å². The number of rotatable bonds is 4. The summed E-state index contributed by atoms with van der Waals surface area (Å²) in [6.07, 6.45) is 11.8. The van der Waals surface area contributed by atoms with Crippen LogP contribution >= 0.6 is 11.6 Å². The predicted octanol–water partition coefficient (Wildman–Crippen LogP) is 6.46. The molecule has 4 aliphatic carbocycles. The van der Waals surface area contributed by atoms with Gasteiger partial charge in [-0.3, -0.25) is 4.79 Å². The fourth-order valence-corrected chi connectivity index (χ4v) is 6.53. The lowest BCUT2D eigenvalue weighted by Gasteiger charge is -2.57. The summed E-state index contributed by atoms with van der Waals surface area (Å²) in [7, 11) is 0. The Kier molecular flexibility index (Phi) is 4.55. The van der Waals surface area contributed by atoms with Crippen molar-refractivity contribution in [3.63, 3.8) is 0 Å². The van der Waals surface area contributed by atoms with Crippen molar-refractivity contribution in [2.24, 2.45) is 17.8 Å². The Morgan fingerprint density at radius 2 is 1.54 bits per heavy atom. The zero-order valence-corrected chi connectivity index (χ0v) is 16.8. The van der Waals surface area contributed by atoms with Gasteiger partial charge in [-0.15, -0.1) is 0 Å². The van der Waals surface area contributed by atoms with Crippen LogP contribution in [0.1, 0.15) is 49.7 Å². The third kappa shape index (κ3) is 3.39. The normalized spacial score (nSPS) is 30.7. The number of amides is 1. The van der Waals surface area contributed by atoms with Gasteiger partial charge in [0.15, 0.2) is 0 Å². The van der Waals surface area contributed by atoms with Crippen molar-refractivity contribution < 1.29 is 4.79 Å². The second-order valence-corrected chi connectivity index (χ2v) is 9.53. The van der Waals surface area contributed by atoms with Crippen LogP contribution < -0.4 is 5.32 Å². The van der Waals surface area contributed by atoms with Gasteiger partial charge in [-0.1, -0.05) is 41.9 Å². The molecular formula is C25H26ClNO. The van der Waals surface area contributed by atoms with E-state index in [4.69, 9.17) is 11.6 Å². The van der Waals surface area contributed by atoms with Crippen LogP contribution in [0.3, 0.4) is 0 Å². The van der Waals surface area contributed by atoms with E-state index < -0.39 is 0 Å². The Balaban J connectivity index is 1.27. The van der Waals surface area contributed by atoms with Crippen LogP contribution in [0.2, 0.25) is 5.02 Å². The van der Waals surface area contributed by atoms with Gasteiger partial charge in [-0.05, 0) is 97.1 Å². The third-order valence-electron chi connectivity index (χ3n) is 7.12. The molecule has 6 rings (SSSR count). The van der Waals surface area contributed by atoms with Crippen LogP contribution in [0.5, 0.6) is 0 Å². The van der Waals surface area contributed by atoms with Crippen molar-refractivity contribution in [1.82, 2.24) is 0 Å². The first-order chi connectivity index (χ1) is 13.6. The third-order valence-corrected chi connectivity index (χ3v) is 7.47. The van der Waals surface area contributed by atoms with Crippen LogP contribution in [-0.2, 0) is 10.2 Å². The molecular weight excluding hydrogens is 366 g/mol. The molecule has 0 unspecified atom stereocenters. The van der Waals surface area contributed by atoms with Crippen LogP contribution in [0.15, 0.2) is 54.6 Å². The molecule has 0 heterocycles. The Morgan fingerprint density at radius 1 is 0.929 bits per heavy atom. The van der Waals surface area contributed by atoms with Crippen molar-refractivity contribution in [2.45, 2.75) is 43.9 Å². The molecule has 0 spiro atoms. The number of carbonyl (C=O) groups is 1. The summed E-state index contributed by atoms with van der Waals surface area (Å²) >= 11 is 6.13. The van der Waals surface area contributed by atoms with E-state index >= 15 is 0 Å². The highest BCUT2D eigenvalue weighted by Gasteiger charge is 2.51. The average molecular weight is 392 g/mol. The van der Waals surface area contributed by atoms with Gasteiger partial charge in [-0.25, -0.2) is 0 Å². The lowest BCUT2D eigenvalue weighted by molar-refractivity contribution is -0.111. The van der Waals surface area contributed by atoms with E-state index in [1.165, 1.54) is 50.2 Å². The van der Waals surface area contributed by atoms with E-state index in [9.17, 15) is 4.79 Å². The van der Waals surface area contributed by atoms with Crippen molar-refractivity contribution in [3.05, 3.63) is 70.8 Å². The van der Waals surface area contributed by atoms with E-state index in [2.05, 4.69) is 29.6 Å². The first-order valence-corrected chi connectivity index (χ1v) is 10.8. The van der Waals surface area contributed by atoms with Gasteiger partial charge >= 0.3 is 0 Å². The van der Waals surface area contributed by atoms with Gasteiger partial charge in [0.25, 0.3) is 0 Å². The fraction of sp³-hybridized carbons (Fsp3) is 0.400. The number of hydrogen-bond donors (Lipinski definition) is 1. The summed E-state index contributed by atoms with van der Waals surface area (Å²) in [6, 6.07) is 16.1. The summed E-state index contributed by atoms with van der Waals surface area (Å²) < 4.78 is 0.